The van der Waals surface area contributed by atoms with Crippen molar-refractivity contribution in [2.75, 3.05) is 13.2 Å². The molecule has 1 heterocycles. The van der Waals surface area contributed by atoms with E-state index in [1.54, 1.807) is 0 Å². The predicted octanol–water partition coefficient (Wildman–Crippen LogP) is 3.33. The third kappa shape index (κ3) is 5.15. The second-order valence-electron chi connectivity index (χ2n) is 8.63. The maximum Gasteiger partial charge on any atom is 0.410 e. The molecule has 1 aliphatic rings. The molecule has 0 saturated carbocycles. The first kappa shape index (κ1) is 18.2. The number of carbonyl (C=O) groups is 1. The van der Waals surface area contributed by atoms with Crippen molar-refractivity contribution in [2.24, 2.45) is 16.7 Å². The van der Waals surface area contributed by atoms with Gasteiger partial charge in [-0.3, -0.25) is 0 Å². The molecule has 1 saturated heterocycles. The van der Waals surface area contributed by atoms with E-state index in [0.717, 1.165) is 12.8 Å². The monoisotopic (exact) mass is 300 g/mol. The van der Waals surface area contributed by atoms with Gasteiger partial charge in [-0.2, -0.15) is 0 Å². The topological polar surface area (TPSA) is 64.8 Å². The number of hydrogen-bond acceptors (Lipinski definition) is 4. The number of likely N-dealkylation sites (tertiary alicyclic amines) is 1. The lowest BCUT2D eigenvalue weighted by molar-refractivity contribution is -0.0539. The van der Waals surface area contributed by atoms with Gasteiger partial charge in [-0.15, -0.1) is 0 Å². The minimum atomic E-state index is -0.488. The van der Waals surface area contributed by atoms with E-state index in [1.165, 1.54) is 0 Å². The highest BCUT2D eigenvalue weighted by molar-refractivity contribution is 5.69. The largest absolute Gasteiger partial charge is 0.444 e. The van der Waals surface area contributed by atoms with Crippen molar-refractivity contribution in [2.45, 2.75) is 73.0 Å². The van der Waals surface area contributed by atoms with Crippen molar-refractivity contribution in [3.05, 3.63) is 0 Å². The minimum Gasteiger partial charge on any atom is -0.444 e. The molecular weight excluding hydrogens is 268 g/mol. The quantitative estimate of drug-likeness (QED) is 0.812. The van der Waals surface area contributed by atoms with Crippen molar-refractivity contribution < 1.29 is 14.4 Å². The average Bonchev–Trinajstić information content (AvgIpc) is 2.24. The Morgan fingerprint density at radius 3 is 2.33 bits per heavy atom. The number of amides is 1. The van der Waals surface area contributed by atoms with E-state index in [-0.39, 0.29) is 23.0 Å². The average molecular weight is 300 g/mol. The summed E-state index contributed by atoms with van der Waals surface area (Å²) in [5.74, 6) is 5.26. The highest BCUT2D eigenvalue weighted by atomic mass is 16.6. The molecule has 1 fully saturated rings. The summed E-state index contributed by atoms with van der Waals surface area (Å²) >= 11 is 0. The Hall–Kier alpha value is -0.810. The summed E-state index contributed by atoms with van der Waals surface area (Å²) in [6, 6.07) is 0.0731. The molecule has 0 spiro atoms. The number of nitrogens with zero attached hydrogens (tertiary/aromatic N) is 1. The van der Waals surface area contributed by atoms with Crippen LogP contribution in [0, 0.1) is 10.8 Å². The van der Waals surface area contributed by atoms with E-state index >= 15 is 0 Å². The van der Waals surface area contributed by atoms with E-state index in [0.29, 0.717) is 13.2 Å². The summed E-state index contributed by atoms with van der Waals surface area (Å²) < 4.78 is 5.59. The molecule has 0 radical (unpaired) electrons. The Morgan fingerprint density at radius 2 is 1.86 bits per heavy atom. The van der Waals surface area contributed by atoms with Crippen LogP contribution in [0.15, 0.2) is 0 Å². The zero-order valence-electron chi connectivity index (χ0n) is 14.7. The Kier molecular flexibility index (Phi) is 5.32. The van der Waals surface area contributed by atoms with Gasteiger partial charge in [0.2, 0.25) is 0 Å². The number of piperidine rings is 1. The van der Waals surface area contributed by atoms with Crippen molar-refractivity contribution in [3.8, 4) is 0 Å². The summed E-state index contributed by atoms with van der Waals surface area (Å²) in [4.78, 5) is 19.3. The predicted molar refractivity (Wildman–Crippen MR) is 83.7 cm³/mol. The Bertz CT molecular complexity index is 372. The van der Waals surface area contributed by atoms with E-state index in [2.05, 4.69) is 27.7 Å². The Labute approximate surface area is 129 Å². The van der Waals surface area contributed by atoms with Crippen LogP contribution in [0.2, 0.25) is 0 Å². The first-order chi connectivity index (χ1) is 9.38. The fraction of sp³-hybridized carbons (Fsp3) is 0.938. The van der Waals surface area contributed by atoms with Crippen molar-refractivity contribution >= 4 is 6.09 Å². The zero-order valence-corrected chi connectivity index (χ0v) is 14.7. The highest BCUT2D eigenvalue weighted by Gasteiger charge is 2.44. The van der Waals surface area contributed by atoms with Crippen LogP contribution in [-0.4, -0.2) is 35.8 Å². The smallest absolute Gasteiger partial charge is 0.410 e. The summed E-state index contributed by atoms with van der Waals surface area (Å²) in [5, 5.41) is 0. The van der Waals surface area contributed by atoms with Gasteiger partial charge in [-0.05, 0) is 39.0 Å². The molecular formula is C16H32N2O3. The normalized spacial score (nSPS) is 23.0. The number of nitrogens with two attached hydrogens (primary N) is 1. The lowest BCUT2D eigenvalue weighted by Gasteiger charge is -2.49. The Balaban J connectivity index is 2.97. The van der Waals surface area contributed by atoms with E-state index in [4.69, 9.17) is 15.5 Å². The van der Waals surface area contributed by atoms with Gasteiger partial charge in [-0.25, -0.2) is 10.7 Å². The maximum absolute atomic E-state index is 12.6. The molecule has 1 atom stereocenters. The molecule has 1 amide bonds. The molecule has 1 unspecified atom stereocenters. The van der Waals surface area contributed by atoms with Crippen molar-refractivity contribution in [1.82, 2.24) is 4.90 Å². The van der Waals surface area contributed by atoms with Crippen LogP contribution in [0.4, 0.5) is 4.79 Å². The van der Waals surface area contributed by atoms with E-state index in [9.17, 15) is 4.79 Å². The fourth-order valence-corrected chi connectivity index (χ4v) is 2.97. The minimum absolute atomic E-state index is 0.0731. The van der Waals surface area contributed by atoms with Crippen LogP contribution in [0.1, 0.15) is 61.3 Å². The van der Waals surface area contributed by atoms with Crippen LogP contribution in [0.3, 0.4) is 0 Å². The third-order valence-corrected chi connectivity index (χ3v) is 4.05. The van der Waals surface area contributed by atoms with Crippen LogP contribution in [0.5, 0.6) is 0 Å². The molecule has 1 aliphatic heterocycles. The summed E-state index contributed by atoms with van der Waals surface area (Å²) in [6.45, 7) is 15.3. The summed E-state index contributed by atoms with van der Waals surface area (Å²) in [6.07, 6.45) is 1.76. The molecule has 2 N–H and O–H groups in total. The Morgan fingerprint density at radius 1 is 1.29 bits per heavy atom. The molecule has 124 valence electrons. The SMILES string of the molecule is CC1(C)CCC(C(C)(C)CON)N(C(=O)OC(C)(C)C)C1. The molecule has 0 aromatic heterocycles. The number of carbonyl (C=O) groups excluding carboxylic acids is 1. The fourth-order valence-electron chi connectivity index (χ4n) is 2.97. The van der Waals surface area contributed by atoms with Gasteiger partial charge in [0, 0.05) is 18.0 Å². The third-order valence-electron chi connectivity index (χ3n) is 4.05. The number of rotatable bonds is 3. The lowest BCUT2D eigenvalue weighted by atomic mass is 9.73. The maximum atomic E-state index is 12.6. The van der Waals surface area contributed by atoms with Crippen LogP contribution in [0.25, 0.3) is 0 Å². The van der Waals surface area contributed by atoms with Gasteiger partial charge < -0.3 is 14.5 Å². The number of ether oxygens (including phenoxy) is 1. The van der Waals surface area contributed by atoms with Gasteiger partial charge in [0.25, 0.3) is 0 Å². The molecule has 21 heavy (non-hydrogen) atoms. The van der Waals surface area contributed by atoms with E-state index < -0.39 is 5.60 Å². The van der Waals surface area contributed by atoms with Crippen LogP contribution < -0.4 is 5.90 Å². The lowest BCUT2D eigenvalue weighted by Crippen LogP contribution is -2.57. The molecule has 1 rings (SSSR count). The zero-order chi connectivity index (χ0) is 16.5. The highest BCUT2D eigenvalue weighted by Crippen LogP contribution is 2.39. The van der Waals surface area contributed by atoms with Gasteiger partial charge in [-0.1, -0.05) is 27.7 Å². The second-order valence-corrected chi connectivity index (χ2v) is 8.63. The van der Waals surface area contributed by atoms with Gasteiger partial charge in [0.1, 0.15) is 5.60 Å². The first-order valence-electron chi connectivity index (χ1n) is 7.69. The van der Waals surface area contributed by atoms with Crippen molar-refractivity contribution in [3.63, 3.8) is 0 Å². The number of hydrogen-bond donors (Lipinski definition) is 1. The van der Waals surface area contributed by atoms with Gasteiger partial charge in [0.15, 0.2) is 0 Å². The molecule has 0 bridgehead atoms. The van der Waals surface area contributed by atoms with E-state index in [1.807, 2.05) is 25.7 Å². The summed E-state index contributed by atoms with van der Waals surface area (Å²) in [5.41, 5.74) is -0.590. The van der Waals surface area contributed by atoms with Crippen molar-refractivity contribution in [1.29, 1.82) is 0 Å². The molecule has 5 heteroatoms. The standard InChI is InChI=1S/C16H32N2O3/c1-14(2,3)21-13(19)18-10-15(4,5)9-8-12(18)16(6,7)11-20-17/h12H,8-11,17H2,1-7H3. The van der Waals surface area contributed by atoms with Gasteiger partial charge in [0.05, 0.1) is 6.61 Å². The second kappa shape index (κ2) is 6.13. The van der Waals surface area contributed by atoms with Crippen LogP contribution >= 0.6 is 0 Å². The molecule has 0 aromatic rings. The molecule has 5 nitrogen and oxygen atoms in total. The summed E-state index contributed by atoms with van der Waals surface area (Å²) in [7, 11) is 0. The van der Waals surface area contributed by atoms with Gasteiger partial charge >= 0.3 is 6.09 Å². The molecule has 0 aliphatic carbocycles. The van der Waals surface area contributed by atoms with Crippen LogP contribution in [-0.2, 0) is 9.57 Å². The molecule has 0 aromatic carbocycles. The first-order valence-corrected chi connectivity index (χ1v) is 7.69.